The van der Waals surface area contributed by atoms with Crippen LogP contribution in [-0.2, 0) is 25.7 Å². The van der Waals surface area contributed by atoms with E-state index in [-0.39, 0.29) is 69.3 Å². The first-order valence-electron chi connectivity index (χ1n) is 21.5. The van der Waals surface area contributed by atoms with Crippen molar-refractivity contribution in [2.24, 2.45) is 0 Å². The number of phenolic OH excluding ortho intramolecular Hbond substituents is 10. The van der Waals surface area contributed by atoms with Gasteiger partial charge in [-0.15, -0.1) is 0 Å². The van der Waals surface area contributed by atoms with Crippen LogP contribution in [0.5, 0.6) is 57.5 Å². The summed E-state index contributed by atoms with van der Waals surface area (Å²) < 4.78 is 0. The van der Waals surface area contributed by atoms with E-state index < -0.39 is 0 Å². The Labute approximate surface area is 361 Å². The highest BCUT2D eigenvalue weighted by atomic mass is 16.3. The minimum Gasteiger partial charge on any atom is -0.508 e. The predicted octanol–water partition coefficient (Wildman–Crippen LogP) is 10.9. The Balaban J connectivity index is 0.000000186. The zero-order valence-electron chi connectivity index (χ0n) is 34.8. The van der Waals surface area contributed by atoms with Gasteiger partial charge in [-0.2, -0.15) is 0 Å². The second-order valence-electron chi connectivity index (χ2n) is 17.0. The van der Waals surface area contributed by atoms with Crippen LogP contribution in [0, 0.1) is 0 Å². The van der Waals surface area contributed by atoms with Crippen LogP contribution in [0.2, 0.25) is 0 Å². The largest absolute Gasteiger partial charge is 0.508 e. The first-order chi connectivity index (χ1) is 29.8. The van der Waals surface area contributed by atoms with E-state index in [0.717, 1.165) is 73.6 Å². The normalized spacial score (nSPS) is 14.6. The lowest BCUT2D eigenvalue weighted by molar-refractivity contribution is 0.411. The zero-order valence-corrected chi connectivity index (χ0v) is 34.8. The maximum absolute atomic E-state index is 11.1. The second-order valence-corrected chi connectivity index (χ2v) is 17.0. The third-order valence-corrected chi connectivity index (χ3v) is 12.5. The average molecular weight is 841 g/mol. The molecule has 2 aliphatic rings. The van der Waals surface area contributed by atoms with Crippen molar-refractivity contribution in [1.29, 1.82) is 0 Å². The van der Waals surface area contributed by atoms with Crippen LogP contribution in [0.1, 0.15) is 132 Å². The molecule has 0 unspecified atom stereocenters. The number of benzene rings is 6. The molecule has 0 radical (unpaired) electrons. The lowest BCUT2D eigenvalue weighted by Crippen LogP contribution is -2.07. The molecule has 0 heterocycles. The zero-order chi connectivity index (χ0) is 43.9. The molecule has 0 aliphatic heterocycles. The van der Waals surface area contributed by atoms with Crippen molar-refractivity contribution in [1.82, 2.24) is 0 Å². The van der Waals surface area contributed by atoms with Crippen LogP contribution in [-0.4, -0.2) is 51.1 Å². The van der Waals surface area contributed by atoms with Crippen molar-refractivity contribution in [2.75, 3.05) is 0 Å². The van der Waals surface area contributed by atoms with E-state index >= 15 is 0 Å². The van der Waals surface area contributed by atoms with E-state index in [1.807, 2.05) is 24.3 Å². The number of hydrogen-bond donors (Lipinski definition) is 10. The fraction of sp³-hybridized carbons (Fsp3) is 0.308. The first kappa shape index (κ1) is 43.4. The molecular weight excluding hydrogens is 785 g/mol. The standard InChI is InChI=1S/2C26H28O5/c2*27-21-8-6-18(24(29)14-21)10-16-11-20(13-19-7-9-22(28)15-25(19)30)26(31)23(12-16)17-4-2-1-3-5-17/h2*6-9,11-12,14-15,17,27-31H,1-5,10,13H2. The summed E-state index contributed by atoms with van der Waals surface area (Å²) >= 11 is 0. The summed E-state index contributed by atoms with van der Waals surface area (Å²) in [6, 6.07) is 26.0. The smallest absolute Gasteiger partial charge is 0.122 e. The van der Waals surface area contributed by atoms with Crippen LogP contribution in [0.3, 0.4) is 0 Å². The van der Waals surface area contributed by atoms with E-state index in [0.29, 0.717) is 59.1 Å². The van der Waals surface area contributed by atoms with Crippen molar-refractivity contribution in [3.05, 3.63) is 153 Å². The molecule has 2 aliphatic carbocycles. The molecule has 0 atom stereocenters. The van der Waals surface area contributed by atoms with Gasteiger partial charge in [0.15, 0.2) is 0 Å². The van der Waals surface area contributed by atoms with Crippen molar-refractivity contribution in [2.45, 2.75) is 102 Å². The Kier molecular flexibility index (Phi) is 13.6. The van der Waals surface area contributed by atoms with Gasteiger partial charge in [-0.05, 0) is 117 Å². The van der Waals surface area contributed by atoms with Crippen molar-refractivity contribution >= 4 is 0 Å². The van der Waals surface area contributed by atoms with E-state index in [1.165, 1.54) is 49.2 Å². The minimum absolute atomic E-state index is 0.00933. The van der Waals surface area contributed by atoms with Crippen LogP contribution in [0.15, 0.2) is 97.1 Å². The lowest BCUT2D eigenvalue weighted by Gasteiger charge is -2.25. The highest BCUT2D eigenvalue weighted by Crippen LogP contribution is 2.43. The Morgan fingerprint density at radius 2 is 0.597 bits per heavy atom. The summed E-state index contributed by atoms with van der Waals surface area (Å²) in [7, 11) is 0. The summed E-state index contributed by atoms with van der Waals surface area (Å²) in [5.41, 5.74) is 7.77. The van der Waals surface area contributed by atoms with Crippen LogP contribution in [0.4, 0.5) is 0 Å². The highest BCUT2D eigenvalue weighted by Gasteiger charge is 2.24. The van der Waals surface area contributed by atoms with Gasteiger partial charge in [-0.1, -0.05) is 87.1 Å². The lowest BCUT2D eigenvalue weighted by atomic mass is 9.81. The fourth-order valence-electron chi connectivity index (χ4n) is 9.15. The van der Waals surface area contributed by atoms with Crippen molar-refractivity contribution in [3.63, 3.8) is 0 Å². The van der Waals surface area contributed by atoms with Crippen LogP contribution >= 0.6 is 0 Å². The maximum Gasteiger partial charge on any atom is 0.122 e. The fourth-order valence-corrected chi connectivity index (χ4v) is 9.15. The van der Waals surface area contributed by atoms with Gasteiger partial charge in [0, 0.05) is 49.9 Å². The van der Waals surface area contributed by atoms with Crippen molar-refractivity contribution < 1.29 is 51.1 Å². The molecule has 0 aromatic heterocycles. The van der Waals surface area contributed by atoms with Crippen LogP contribution in [0.25, 0.3) is 0 Å². The van der Waals surface area contributed by atoms with Crippen LogP contribution < -0.4 is 0 Å². The summed E-state index contributed by atoms with van der Waals surface area (Å²) in [4.78, 5) is 0. The van der Waals surface area contributed by atoms with Gasteiger partial charge in [-0.3, -0.25) is 0 Å². The van der Waals surface area contributed by atoms with E-state index in [1.54, 1.807) is 36.4 Å². The van der Waals surface area contributed by atoms with E-state index in [2.05, 4.69) is 0 Å². The molecule has 10 heteroatoms. The Hall–Kier alpha value is -6.68. The molecule has 324 valence electrons. The Morgan fingerprint density at radius 1 is 0.306 bits per heavy atom. The second kappa shape index (κ2) is 19.4. The van der Waals surface area contributed by atoms with Crippen molar-refractivity contribution in [3.8, 4) is 57.5 Å². The molecule has 0 saturated heterocycles. The summed E-state index contributed by atoms with van der Waals surface area (Å²) in [5.74, 6) is 1.14. The van der Waals surface area contributed by atoms with Gasteiger partial charge in [0.05, 0.1) is 0 Å². The van der Waals surface area contributed by atoms with E-state index in [4.69, 9.17) is 0 Å². The van der Waals surface area contributed by atoms with Gasteiger partial charge < -0.3 is 51.1 Å². The monoisotopic (exact) mass is 840 g/mol. The highest BCUT2D eigenvalue weighted by molar-refractivity contribution is 5.54. The number of rotatable bonds is 10. The molecule has 2 saturated carbocycles. The van der Waals surface area contributed by atoms with Gasteiger partial charge in [0.1, 0.15) is 57.5 Å². The number of aromatic hydroxyl groups is 10. The minimum atomic E-state index is -0.0137. The molecule has 0 amide bonds. The Bertz CT molecular complexity index is 2340. The average Bonchev–Trinajstić information content (AvgIpc) is 3.25. The third kappa shape index (κ3) is 10.6. The van der Waals surface area contributed by atoms with Gasteiger partial charge in [0.25, 0.3) is 0 Å². The maximum atomic E-state index is 11.1. The third-order valence-electron chi connectivity index (χ3n) is 12.5. The molecule has 8 rings (SSSR count). The molecule has 10 nitrogen and oxygen atoms in total. The first-order valence-corrected chi connectivity index (χ1v) is 21.5. The number of phenols is 10. The quantitative estimate of drug-likeness (QED) is 0.0632. The van der Waals surface area contributed by atoms with Gasteiger partial charge >= 0.3 is 0 Å². The number of hydrogen-bond acceptors (Lipinski definition) is 10. The molecule has 0 spiro atoms. The van der Waals surface area contributed by atoms with Gasteiger partial charge in [-0.25, -0.2) is 0 Å². The molecule has 10 N–H and O–H groups in total. The summed E-state index contributed by atoms with van der Waals surface area (Å²) in [5, 5.41) is 101. The molecular formula is C52H56O10. The summed E-state index contributed by atoms with van der Waals surface area (Å²) in [6.07, 6.45) is 12.7. The molecule has 2 fully saturated rings. The molecule has 6 aromatic carbocycles. The SMILES string of the molecule is Oc1ccc(Cc2cc(Cc3ccc(O)cc3O)c(O)c(C3CCCCC3)c2)c(O)c1.Oc1ccc(Cc2cc(Cc3ccc(O)cc3O)c(O)c(C3CCCCC3)c2)c(O)c1. The molecule has 0 bridgehead atoms. The molecule has 62 heavy (non-hydrogen) atoms. The Morgan fingerprint density at radius 3 is 0.887 bits per heavy atom. The predicted molar refractivity (Wildman–Crippen MR) is 238 cm³/mol. The summed E-state index contributed by atoms with van der Waals surface area (Å²) in [6.45, 7) is 0. The van der Waals surface area contributed by atoms with Gasteiger partial charge in [0.2, 0.25) is 0 Å². The molecule has 6 aromatic rings. The van der Waals surface area contributed by atoms with E-state index in [9.17, 15) is 51.1 Å². The topological polar surface area (TPSA) is 202 Å².